The van der Waals surface area contributed by atoms with Crippen LogP contribution in [0.15, 0.2) is 24.3 Å². The second-order valence-electron chi connectivity index (χ2n) is 7.66. The Labute approximate surface area is 162 Å². The maximum atomic E-state index is 12.2. The van der Waals surface area contributed by atoms with Gasteiger partial charge in [-0.15, -0.1) is 0 Å². The molecule has 0 aromatic heterocycles. The number of likely N-dealkylation sites (tertiary alicyclic amines) is 2. The second kappa shape index (κ2) is 10.1. The van der Waals surface area contributed by atoms with Crippen LogP contribution in [0.3, 0.4) is 0 Å². The molecule has 6 heteroatoms. The predicted molar refractivity (Wildman–Crippen MR) is 106 cm³/mol. The lowest BCUT2D eigenvalue weighted by Gasteiger charge is -2.41. The Morgan fingerprint density at radius 1 is 1.15 bits per heavy atom. The number of hydrogen-bond donors (Lipinski definition) is 1. The van der Waals surface area contributed by atoms with Crippen LogP contribution in [0.4, 0.5) is 0 Å². The van der Waals surface area contributed by atoms with Gasteiger partial charge in [0.2, 0.25) is 0 Å². The Hall–Kier alpha value is -1.63. The number of carbonyl (C=O) groups excluding carboxylic acids is 1. The Kier molecular flexibility index (Phi) is 7.50. The smallest absolute Gasteiger partial charge is 0.251 e. The first-order valence-electron chi connectivity index (χ1n) is 10.1. The molecule has 1 aromatic carbocycles. The standard InChI is InChI=1S/C21H33N3O3/c1-23-11-6-18(7-12-23)24-13-8-19(9-14-24)27-20-5-3-4-17(16-20)21(25)22-10-15-26-2/h3-5,16,18-19H,6-15H2,1-2H3,(H,22,25). The number of benzene rings is 1. The summed E-state index contributed by atoms with van der Waals surface area (Å²) in [7, 11) is 3.83. The van der Waals surface area contributed by atoms with Crippen molar-refractivity contribution in [2.75, 3.05) is 53.5 Å². The van der Waals surface area contributed by atoms with Gasteiger partial charge < -0.3 is 24.6 Å². The first-order chi connectivity index (χ1) is 13.2. The van der Waals surface area contributed by atoms with Crippen molar-refractivity contribution in [1.29, 1.82) is 0 Å². The van der Waals surface area contributed by atoms with Crippen molar-refractivity contribution in [2.45, 2.75) is 37.8 Å². The molecule has 2 aliphatic heterocycles. The molecule has 0 unspecified atom stereocenters. The molecule has 0 spiro atoms. The lowest BCUT2D eigenvalue weighted by atomic mass is 9.99. The highest BCUT2D eigenvalue weighted by Gasteiger charge is 2.28. The molecule has 2 fully saturated rings. The summed E-state index contributed by atoms with van der Waals surface area (Å²) in [6.45, 7) is 5.65. The van der Waals surface area contributed by atoms with Gasteiger partial charge in [-0.3, -0.25) is 4.79 Å². The third-order valence-electron chi connectivity index (χ3n) is 5.67. The van der Waals surface area contributed by atoms with Gasteiger partial charge >= 0.3 is 0 Å². The zero-order valence-electron chi connectivity index (χ0n) is 16.7. The SMILES string of the molecule is COCCNC(=O)c1cccc(OC2CCN(C3CCN(C)CC3)CC2)c1. The van der Waals surface area contributed by atoms with Crippen molar-refractivity contribution in [2.24, 2.45) is 0 Å². The van der Waals surface area contributed by atoms with Gasteiger partial charge in [0.25, 0.3) is 5.91 Å². The number of nitrogens with one attached hydrogen (secondary N) is 1. The number of piperidine rings is 2. The molecular formula is C21H33N3O3. The minimum absolute atomic E-state index is 0.0883. The van der Waals surface area contributed by atoms with Crippen LogP contribution in [0.1, 0.15) is 36.0 Å². The second-order valence-corrected chi connectivity index (χ2v) is 7.66. The molecule has 0 radical (unpaired) electrons. The fraction of sp³-hybridized carbons (Fsp3) is 0.667. The lowest BCUT2D eigenvalue weighted by molar-refractivity contribution is 0.0525. The molecule has 2 heterocycles. The van der Waals surface area contributed by atoms with Crippen molar-refractivity contribution in [3.8, 4) is 5.75 Å². The van der Waals surface area contributed by atoms with Crippen LogP contribution < -0.4 is 10.1 Å². The van der Waals surface area contributed by atoms with Crippen molar-refractivity contribution in [3.05, 3.63) is 29.8 Å². The van der Waals surface area contributed by atoms with E-state index in [0.717, 1.165) is 37.7 Å². The summed E-state index contributed by atoms with van der Waals surface area (Å²) in [4.78, 5) is 17.2. The molecular weight excluding hydrogens is 342 g/mol. The Morgan fingerprint density at radius 3 is 2.59 bits per heavy atom. The summed E-state index contributed by atoms with van der Waals surface area (Å²) in [6, 6.07) is 8.22. The van der Waals surface area contributed by atoms with Crippen molar-refractivity contribution in [1.82, 2.24) is 15.1 Å². The fourth-order valence-corrected chi connectivity index (χ4v) is 3.99. The molecule has 27 heavy (non-hydrogen) atoms. The zero-order chi connectivity index (χ0) is 19.1. The zero-order valence-corrected chi connectivity index (χ0v) is 16.7. The summed E-state index contributed by atoms with van der Waals surface area (Å²) >= 11 is 0. The average Bonchev–Trinajstić information content (AvgIpc) is 2.70. The number of nitrogens with zero attached hydrogens (tertiary/aromatic N) is 2. The Bertz CT molecular complexity index is 594. The quantitative estimate of drug-likeness (QED) is 0.739. The van der Waals surface area contributed by atoms with Gasteiger partial charge in [-0.05, 0) is 64.0 Å². The van der Waals surface area contributed by atoms with Crippen molar-refractivity contribution in [3.63, 3.8) is 0 Å². The third-order valence-corrected chi connectivity index (χ3v) is 5.67. The number of hydrogen-bond acceptors (Lipinski definition) is 5. The summed E-state index contributed by atoms with van der Waals surface area (Å²) in [5.41, 5.74) is 0.632. The highest BCUT2D eigenvalue weighted by molar-refractivity contribution is 5.94. The molecule has 0 bridgehead atoms. The van der Waals surface area contributed by atoms with E-state index < -0.39 is 0 Å². The summed E-state index contributed by atoms with van der Waals surface area (Å²) in [6.07, 6.45) is 4.90. The van der Waals surface area contributed by atoms with Gasteiger partial charge in [-0.1, -0.05) is 6.07 Å². The normalized spacial score (nSPS) is 20.5. The first-order valence-corrected chi connectivity index (χ1v) is 10.1. The van der Waals surface area contributed by atoms with Crippen LogP contribution in [-0.4, -0.2) is 81.3 Å². The molecule has 150 valence electrons. The molecule has 0 atom stereocenters. The van der Waals surface area contributed by atoms with E-state index in [-0.39, 0.29) is 12.0 Å². The Balaban J connectivity index is 1.46. The van der Waals surface area contributed by atoms with Crippen LogP contribution in [0.25, 0.3) is 0 Å². The number of carbonyl (C=O) groups is 1. The number of ether oxygens (including phenoxy) is 2. The summed E-state index contributed by atoms with van der Waals surface area (Å²) in [5, 5.41) is 2.85. The van der Waals surface area contributed by atoms with Crippen LogP contribution >= 0.6 is 0 Å². The van der Waals surface area contributed by atoms with Gasteiger partial charge in [0.15, 0.2) is 0 Å². The minimum Gasteiger partial charge on any atom is -0.490 e. The molecule has 2 aliphatic rings. The van der Waals surface area contributed by atoms with E-state index in [2.05, 4.69) is 22.2 Å². The van der Waals surface area contributed by atoms with E-state index in [4.69, 9.17) is 9.47 Å². The topological polar surface area (TPSA) is 54.0 Å². The number of amides is 1. The van der Waals surface area contributed by atoms with Gasteiger partial charge in [-0.25, -0.2) is 0 Å². The monoisotopic (exact) mass is 375 g/mol. The fourth-order valence-electron chi connectivity index (χ4n) is 3.99. The van der Waals surface area contributed by atoms with Gasteiger partial charge in [0, 0.05) is 38.3 Å². The molecule has 1 amide bonds. The highest BCUT2D eigenvalue weighted by Crippen LogP contribution is 2.24. The van der Waals surface area contributed by atoms with Gasteiger partial charge in [0.05, 0.1) is 6.61 Å². The maximum Gasteiger partial charge on any atom is 0.251 e. The van der Waals surface area contributed by atoms with E-state index >= 15 is 0 Å². The molecule has 6 nitrogen and oxygen atoms in total. The average molecular weight is 376 g/mol. The van der Waals surface area contributed by atoms with Gasteiger partial charge in [-0.2, -0.15) is 0 Å². The molecule has 0 aliphatic carbocycles. The van der Waals surface area contributed by atoms with Crippen molar-refractivity contribution < 1.29 is 14.3 Å². The molecule has 1 aromatic rings. The third kappa shape index (κ3) is 5.92. The number of rotatable bonds is 7. The first kappa shape index (κ1) is 20.1. The van der Waals surface area contributed by atoms with Crippen LogP contribution in [0.2, 0.25) is 0 Å². The van der Waals surface area contributed by atoms with E-state index in [1.54, 1.807) is 7.11 Å². The maximum absolute atomic E-state index is 12.2. The van der Waals surface area contributed by atoms with E-state index in [0.29, 0.717) is 18.7 Å². The summed E-state index contributed by atoms with van der Waals surface area (Å²) < 4.78 is 11.1. The van der Waals surface area contributed by atoms with Crippen molar-refractivity contribution >= 4 is 5.91 Å². The largest absolute Gasteiger partial charge is 0.490 e. The minimum atomic E-state index is -0.0883. The molecule has 3 rings (SSSR count). The van der Waals surface area contributed by atoms with E-state index in [1.165, 1.54) is 25.9 Å². The predicted octanol–water partition coefficient (Wildman–Crippen LogP) is 2.00. The van der Waals surface area contributed by atoms with E-state index in [9.17, 15) is 4.79 Å². The van der Waals surface area contributed by atoms with Gasteiger partial charge in [0.1, 0.15) is 11.9 Å². The van der Waals surface area contributed by atoms with Crippen LogP contribution in [-0.2, 0) is 4.74 Å². The molecule has 2 saturated heterocycles. The highest BCUT2D eigenvalue weighted by atomic mass is 16.5. The lowest BCUT2D eigenvalue weighted by Crippen LogP contribution is -2.48. The van der Waals surface area contributed by atoms with Crippen LogP contribution in [0, 0.1) is 0 Å². The molecule has 0 saturated carbocycles. The van der Waals surface area contributed by atoms with Crippen LogP contribution in [0.5, 0.6) is 5.75 Å². The molecule has 1 N–H and O–H groups in total. The van der Waals surface area contributed by atoms with E-state index in [1.807, 2.05) is 24.3 Å². The summed E-state index contributed by atoms with van der Waals surface area (Å²) in [5.74, 6) is 0.696. The number of methoxy groups -OCH3 is 1. The Morgan fingerprint density at radius 2 is 1.89 bits per heavy atom.